The Hall–Kier alpha value is -0.980. The van der Waals surface area contributed by atoms with Gasteiger partial charge in [-0.05, 0) is 28.1 Å². The number of nitriles is 1. The molecule has 0 amide bonds. The van der Waals surface area contributed by atoms with Gasteiger partial charge in [0, 0.05) is 15.2 Å². The van der Waals surface area contributed by atoms with Crippen LogP contribution in [-0.2, 0) is 9.05 Å². The molecule has 98 valence electrons. The molecule has 0 unspecified atom stereocenters. The van der Waals surface area contributed by atoms with E-state index in [9.17, 15) is 21.6 Å². The lowest BCUT2D eigenvalue weighted by Crippen LogP contribution is -2.18. The highest BCUT2D eigenvalue weighted by Crippen LogP contribution is 2.37. The SMILES string of the molecule is N#Cc1cc(Br)c(S(=O)(=O)Cl)c(OC(F)(F)F)c1. The Morgan fingerprint density at radius 3 is 2.33 bits per heavy atom. The van der Waals surface area contributed by atoms with Crippen molar-refractivity contribution in [1.29, 1.82) is 5.26 Å². The Morgan fingerprint density at radius 2 is 1.94 bits per heavy atom. The molecule has 4 nitrogen and oxygen atoms in total. The fraction of sp³-hybridized carbons (Fsp3) is 0.125. The minimum atomic E-state index is -5.11. The fourth-order valence-electron chi connectivity index (χ4n) is 1.07. The van der Waals surface area contributed by atoms with Crippen molar-refractivity contribution < 1.29 is 26.3 Å². The summed E-state index contributed by atoms with van der Waals surface area (Å²) in [4.78, 5) is -0.888. The summed E-state index contributed by atoms with van der Waals surface area (Å²) in [5.74, 6) is -1.07. The normalized spacial score (nSPS) is 12.0. The molecule has 0 aromatic heterocycles. The van der Waals surface area contributed by atoms with Crippen LogP contribution in [0.5, 0.6) is 5.75 Å². The molecule has 0 aliphatic carbocycles. The second kappa shape index (κ2) is 4.95. The van der Waals surface area contributed by atoms with Gasteiger partial charge in [-0.25, -0.2) is 8.42 Å². The molecule has 0 saturated heterocycles. The standard InChI is InChI=1S/C8H2BrClF3NO3S/c9-5-1-4(3-14)2-6(17-8(11,12)13)7(5)18(10,15)16/h1-2H. The molecule has 0 atom stereocenters. The Labute approximate surface area is 112 Å². The first-order valence-corrected chi connectivity index (χ1v) is 7.09. The van der Waals surface area contributed by atoms with E-state index in [1.807, 2.05) is 0 Å². The van der Waals surface area contributed by atoms with E-state index in [1.54, 1.807) is 6.07 Å². The van der Waals surface area contributed by atoms with Crippen molar-refractivity contribution in [3.63, 3.8) is 0 Å². The van der Waals surface area contributed by atoms with Crippen LogP contribution in [0.2, 0.25) is 0 Å². The van der Waals surface area contributed by atoms with Crippen LogP contribution in [0.25, 0.3) is 0 Å². The second-order valence-corrected chi connectivity index (χ2v) is 6.24. The average molecular weight is 365 g/mol. The van der Waals surface area contributed by atoms with Crippen LogP contribution in [0.15, 0.2) is 21.5 Å². The van der Waals surface area contributed by atoms with E-state index in [2.05, 4.69) is 20.7 Å². The van der Waals surface area contributed by atoms with E-state index in [-0.39, 0.29) is 10.0 Å². The Balaban J connectivity index is 3.55. The lowest BCUT2D eigenvalue weighted by atomic mass is 10.2. The summed E-state index contributed by atoms with van der Waals surface area (Å²) >= 11 is 2.72. The van der Waals surface area contributed by atoms with Gasteiger partial charge >= 0.3 is 6.36 Å². The number of benzene rings is 1. The van der Waals surface area contributed by atoms with Crippen LogP contribution < -0.4 is 4.74 Å². The first-order valence-electron chi connectivity index (χ1n) is 3.98. The van der Waals surface area contributed by atoms with Crippen molar-refractivity contribution >= 4 is 35.7 Å². The average Bonchev–Trinajstić information content (AvgIpc) is 2.11. The molecular weight excluding hydrogens is 363 g/mol. The molecule has 0 bridgehead atoms. The van der Waals surface area contributed by atoms with E-state index in [0.29, 0.717) is 6.07 Å². The van der Waals surface area contributed by atoms with Crippen molar-refractivity contribution in [2.24, 2.45) is 0 Å². The molecular formula is C8H2BrClF3NO3S. The number of alkyl halides is 3. The highest BCUT2D eigenvalue weighted by atomic mass is 79.9. The van der Waals surface area contributed by atoms with Crippen LogP contribution >= 0.6 is 26.6 Å². The van der Waals surface area contributed by atoms with Crippen LogP contribution in [0.3, 0.4) is 0 Å². The third-order valence-corrected chi connectivity index (χ3v) is 3.87. The molecule has 0 radical (unpaired) electrons. The number of nitrogens with zero attached hydrogens (tertiary/aromatic N) is 1. The molecule has 0 aliphatic heterocycles. The Bertz CT molecular complexity index is 624. The molecule has 0 N–H and O–H groups in total. The van der Waals surface area contributed by atoms with Crippen LogP contribution in [0.4, 0.5) is 13.2 Å². The lowest BCUT2D eigenvalue weighted by Gasteiger charge is -2.13. The first kappa shape index (κ1) is 15.1. The molecule has 0 spiro atoms. The van der Waals surface area contributed by atoms with Gasteiger partial charge in [-0.15, -0.1) is 13.2 Å². The predicted octanol–water partition coefficient (Wildman–Crippen LogP) is 3.15. The second-order valence-electron chi connectivity index (χ2n) is 2.88. The maximum absolute atomic E-state index is 12.1. The minimum absolute atomic E-state index is 0.217. The van der Waals surface area contributed by atoms with E-state index in [0.717, 1.165) is 6.07 Å². The zero-order valence-electron chi connectivity index (χ0n) is 8.12. The van der Waals surface area contributed by atoms with E-state index < -0.39 is 26.1 Å². The summed E-state index contributed by atoms with van der Waals surface area (Å²) in [7, 11) is 0.535. The van der Waals surface area contributed by atoms with Crippen molar-refractivity contribution in [2.75, 3.05) is 0 Å². The summed E-state index contributed by atoms with van der Waals surface area (Å²) in [5.41, 5.74) is -0.217. The van der Waals surface area contributed by atoms with E-state index in [4.69, 9.17) is 15.9 Å². The molecule has 0 aliphatic rings. The summed E-state index contributed by atoms with van der Waals surface area (Å²) in [6.07, 6.45) is -5.11. The molecule has 0 heterocycles. The zero-order chi connectivity index (χ0) is 14.1. The van der Waals surface area contributed by atoms with Gasteiger partial charge in [0.15, 0.2) is 5.75 Å². The smallest absolute Gasteiger partial charge is 0.404 e. The summed E-state index contributed by atoms with van der Waals surface area (Å²) in [5, 5.41) is 8.59. The van der Waals surface area contributed by atoms with E-state index in [1.165, 1.54) is 0 Å². The van der Waals surface area contributed by atoms with Gasteiger partial charge in [0.05, 0.1) is 11.6 Å². The first-order chi connectivity index (χ1) is 8.04. The van der Waals surface area contributed by atoms with Crippen LogP contribution in [0.1, 0.15) is 5.56 Å². The molecule has 18 heavy (non-hydrogen) atoms. The number of halogens is 5. The zero-order valence-corrected chi connectivity index (χ0v) is 11.3. The third-order valence-electron chi connectivity index (χ3n) is 1.61. The number of rotatable bonds is 2. The van der Waals surface area contributed by atoms with Gasteiger partial charge in [-0.2, -0.15) is 5.26 Å². The number of hydrogen-bond donors (Lipinski definition) is 0. The van der Waals surface area contributed by atoms with Gasteiger partial charge < -0.3 is 4.74 Å². The Morgan fingerprint density at radius 1 is 1.39 bits per heavy atom. The van der Waals surface area contributed by atoms with Crippen molar-refractivity contribution in [3.8, 4) is 11.8 Å². The highest BCUT2D eigenvalue weighted by Gasteiger charge is 2.35. The molecule has 1 rings (SSSR count). The molecule has 0 saturated carbocycles. The lowest BCUT2D eigenvalue weighted by molar-refractivity contribution is -0.275. The maximum atomic E-state index is 12.1. The molecule has 1 aromatic rings. The van der Waals surface area contributed by atoms with Gasteiger partial charge in [-0.1, -0.05) is 0 Å². The number of hydrogen-bond acceptors (Lipinski definition) is 4. The Kier molecular flexibility index (Phi) is 4.15. The molecule has 10 heteroatoms. The van der Waals surface area contributed by atoms with Crippen molar-refractivity contribution in [2.45, 2.75) is 11.3 Å². The summed E-state index contributed by atoms with van der Waals surface area (Å²) in [6.45, 7) is 0. The van der Waals surface area contributed by atoms with E-state index >= 15 is 0 Å². The topological polar surface area (TPSA) is 67.2 Å². The van der Waals surface area contributed by atoms with Gasteiger partial charge in [0.1, 0.15) is 4.90 Å². The fourth-order valence-corrected chi connectivity index (χ4v) is 3.54. The number of ether oxygens (including phenoxy) is 1. The predicted molar refractivity (Wildman–Crippen MR) is 58.6 cm³/mol. The van der Waals surface area contributed by atoms with Crippen molar-refractivity contribution in [3.05, 3.63) is 22.2 Å². The quantitative estimate of drug-likeness (QED) is 0.756. The summed E-state index contributed by atoms with van der Waals surface area (Å²) < 4.78 is 61.9. The summed E-state index contributed by atoms with van der Waals surface area (Å²) in [6, 6.07) is 3.20. The van der Waals surface area contributed by atoms with Crippen molar-refractivity contribution in [1.82, 2.24) is 0 Å². The molecule has 0 fully saturated rings. The third kappa shape index (κ3) is 3.76. The van der Waals surface area contributed by atoms with Gasteiger partial charge in [0.25, 0.3) is 9.05 Å². The monoisotopic (exact) mass is 363 g/mol. The van der Waals surface area contributed by atoms with Gasteiger partial charge in [-0.3, -0.25) is 0 Å². The van der Waals surface area contributed by atoms with Gasteiger partial charge in [0.2, 0.25) is 0 Å². The molecule has 1 aromatic carbocycles. The largest absolute Gasteiger partial charge is 0.573 e. The highest BCUT2D eigenvalue weighted by molar-refractivity contribution is 9.10. The van der Waals surface area contributed by atoms with Crippen LogP contribution in [0, 0.1) is 11.3 Å². The maximum Gasteiger partial charge on any atom is 0.573 e. The van der Waals surface area contributed by atoms with Crippen LogP contribution in [-0.4, -0.2) is 14.8 Å². The minimum Gasteiger partial charge on any atom is -0.404 e.